The van der Waals surface area contributed by atoms with E-state index in [0.717, 1.165) is 5.39 Å². The second-order valence-electron chi connectivity index (χ2n) is 4.16. The van der Waals surface area contributed by atoms with Gasteiger partial charge in [0.1, 0.15) is 0 Å². The van der Waals surface area contributed by atoms with Gasteiger partial charge in [0.05, 0.1) is 19.9 Å². The second kappa shape index (κ2) is 5.70. The van der Waals surface area contributed by atoms with Crippen molar-refractivity contribution in [2.45, 2.75) is 6.10 Å². The lowest BCUT2D eigenvalue weighted by Gasteiger charge is -2.13. The number of pyridine rings is 1. The molecular formula is C13H14N2O5. The van der Waals surface area contributed by atoms with Crippen molar-refractivity contribution in [2.24, 2.45) is 0 Å². The number of hydrogen-bond donors (Lipinski definition) is 1. The summed E-state index contributed by atoms with van der Waals surface area (Å²) in [6, 6.07) is 5.12. The minimum Gasteiger partial charge on any atom is -0.493 e. The van der Waals surface area contributed by atoms with Crippen LogP contribution in [0.4, 0.5) is 0 Å². The van der Waals surface area contributed by atoms with Crippen LogP contribution >= 0.6 is 0 Å². The Hall–Kier alpha value is -2.41. The Labute approximate surface area is 114 Å². The molecule has 0 fully saturated rings. The highest BCUT2D eigenvalue weighted by Crippen LogP contribution is 2.34. The number of aromatic nitrogens is 1. The zero-order chi connectivity index (χ0) is 14.7. The average Bonchev–Trinajstić information content (AvgIpc) is 2.44. The first kappa shape index (κ1) is 14.0. The molecule has 20 heavy (non-hydrogen) atoms. The molecule has 0 radical (unpaired) electrons. The molecule has 0 aliphatic heterocycles. The number of fused-ring (bicyclic) bond motifs is 1. The summed E-state index contributed by atoms with van der Waals surface area (Å²) >= 11 is 0. The summed E-state index contributed by atoms with van der Waals surface area (Å²) in [7, 11) is 3.01. The van der Waals surface area contributed by atoms with Gasteiger partial charge in [-0.3, -0.25) is 15.1 Å². The molecule has 0 amide bonds. The fraction of sp³-hybridized carbons (Fsp3) is 0.308. The van der Waals surface area contributed by atoms with Crippen molar-refractivity contribution >= 4 is 10.8 Å². The number of ether oxygens (including phenoxy) is 2. The van der Waals surface area contributed by atoms with Crippen molar-refractivity contribution in [3.05, 3.63) is 40.2 Å². The summed E-state index contributed by atoms with van der Waals surface area (Å²) in [6.07, 6.45) is 0.221. The number of aliphatic hydroxyl groups is 1. The minimum atomic E-state index is -1.27. The van der Waals surface area contributed by atoms with Crippen LogP contribution in [0.25, 0.3) is 10.8 Å². The molecule has 7 nitrogen and oxygen atoms in total. The van der Waals surface area contributed by atoms with Crippen LogP contribution in [0, 0.1) is 10.1 Å². The lowest BCUT2D eigenvalue weighted by Crippen LogP contribution is -2.13. The van der Waals surface area contributed by atoms with Gasteiger partial charge >= 0.3 is 0 Å². The van der Waals surface area contributed by atoms with Crippen LogP contribution in [0.15, 0.2) is 24.4 Å². The molecule has 1 unspecified atom stereocenters. The Kier molecular flexibility index (Phi) is 3.99. The fourth-order valence-electron chi connectivity index (χ4n) is 2.02. The average molecular weight is 278 g/mol. The molecule has 0 spiro atoms. The van der Waals surface area contributed by atoms with Gasteiger partial charge in [-0.2, -0.15) is 0 Å². The van der Waals surface area contributed by atoms with E-state index in [2.05, 4.69) is 4.98 Å². The van der Waals surface area contributed by atoms with Crippen molar-refractivity contribution in [3.8, 4) is 11.5 Å². The third kappa shape index (κ3) is 2.62. The van der Waals surface area contributed by atoms with E-state index < -0.39 is 17.6 Å². The molecule has 0 aliphatic carbocycles. The largest absolute Gasteiger partial charge is 0.493 e. The lowest BCUT2D eigenvalue weighted by atomic mass is 10.1. The van der Waals surface area contributed by atoms with Gasteiger partial charge in [-0.05, 0) is 23.6 Å². The van der Waals surface area contributed by atoms with Crippen LogP contribution in [0.2, 0.25) is 0 Å². The maximum Gasteiger partial charge on any atom is 0.235 e. The van der Waals surface area contributed by atoms with E-state index >= 15 is 0 Å². The van der Waals surface area contributed by atoms with Crippen molar-refractivity contribution in [1.29, 1.82) is 0 Å². The SMILES string of the molecule is COc1cc2ccnc(C(O)C[N+](=O)[O-])c2cc1OC. The normalized spacial score (nSPS) is 12.2. The Morgan fingerprint density at radius 2 is 2.00 bits per heavy atom. The molecule has 1 aromatic heterocycles. The Morgan fingerprint density at radius 3 is 2.60 bits per heavy atom. The molecular weight excluding hydrogens is 264 g/mol. The van der Waals surface area contributed by atoms with Crippen molar-refractivity contribution < 1.29 is 19.5 Å². The summed E-state index contributed by atoms with van der Waals surface area (Å²) in [5.41, 5.74) is 0.250. The number of aliphatic hydroxyl groups excluding tert-OH is 1. The van der Waals surface area contributed by atoms with Crippen LogP contribution in [-0.2, 0) is 0 Å². The van der Waals surface area contributed by atoms with E-state index in [0.29, 0.717) is 16.9 Å². The highest BCUT2D eigenvalue weighted by atomic mass is 16.6. The number of nitrogens with zero attached hydrogens (tertiary/aromatic N) is 2. The number of benzene rings is 1. The van der Waals surface area contributed by atoms with E-state index in [9.17, 15) is 15.2 Å². The summed E-state index contributed by atoms with van der Waals surface area (Å²) in [6.45, 7) is -0.597. The van der Waals surface area contributed by atoms with E-state index in [1.165, 1.54) is 20.4 Å². The highest BCUT2D eigenvalue weighted by molar-refractivity contribution is 5.88. The van der Waals surface area contributed by atoms with Crippen LogP contribution in [-0.4, -0.2) is 35.8 Å². The second-order valence-corrected chi connectivity index (χ2v) is 4.16. The van der Waals surface area contributed by atoms with Crippen LogP contribution < -0.4 is 9.47 Å². The van der Waals surface area contributed by atoms with Gasteiger partial charge < -0.3 is 14.6 Å². The molecule has 0 saturated carbocycles. The van der Waals surface area contributed by atoms with E-state index in [1.54, 1.807) is 18.2 Å². The Morgan fingerprint density at radius 1 is 1.35 bits per heavy atom. The Bertz CT molecular complexity index is 644. The third-order valence-electron chi connectivity index (χ3n) is 2.94. The van der Waals surface area contributed by atoms with Gasteiger partial charge in [-0.25, -0.2) is 0 Å². The summed E-state index contributed by atoms with van der Waals surface area (Å²) in [4.78, 5) is 14.0. The minimum absolute atomic E-state index is 0.250. The van der Waals surface area contributed by atoms with Gasteiger partial charge in [-0.1, -0.05) is 0 Å². The Balaban J connectivity index is 2.58. The quantitative estimate of drug-likeness (QED) is 0.658. The first-order valence-corrected chi connectivity index (χ1v) is 5.87. The molecule has 106 valence electrons. The van der Waals surface area contributed by atoms with E-state index in [4.69, 9.17) is 9.47 Å². The maximum absolute atomic E-state index is 10.5. The number of hydrogen-bond acceptors (Lipinski definition) is 6. The smallest absolute Gasteiger partial charge is 0.235 e. The predicted octanol–water partition coefficient (Wildman–Crippen LogP) is 1.56. The summed E-state index contributed by atoms with van der Waals surface area (Å²) in [5.74, 6) is 1.02. The van der Waals surface area contributed by atoms with E-state index in [-0.39, 0.29) is 5.69 Å². The predicted molar refractivity (Wildman–Crippen MR) is 71.7 cm³/mol. The molecule has 1 N–H and O–H groups in total. The van der Waals surface area contributed by atoms with Gasteiger partial charge in [0.15, 0.2) is 17.6 Å². The third-order valence-corrected chi connectivity index (χ3v) is 2.94. The first-order valence-electron chi connectivity index (χ1n) is 5.87. The monoisotopic (exact) mass is 278 g/mol. The first-order chi connectivity index (χ1) is 9.56. The molecule has 1 heterocycles. The van der Waals surface area contributed by atoms with E-state index in [1.807, 2.05) is 0 Å². The lowest BCUT2D eigenvalue weighted by molar-refractivity contribution is -0.491. The van der Waals surface area contributed by atoms with Crippen LogP contribution in [0.3, 0.4) is 0 Å². The van der Waals surface area contributed by atoms with Crippen LogP contribution in [0.5, 0.6) is 11.5 Å². The highest BCUT2D eigenvalue weighted by Gasteiger charge is 2.19. The molecule has 2 aromatic rings. The maximum atomic E-state index is 10.5. The number of nitro groups is 1. The topological polar surface area (TPSA) is 94.7 Å². The molecule has 2 rings (SSSR count). The van der Waals surface area contributed by atoms with Gasteiger partial charge in [-0.15, -0.1) is 0 Å². The summed E-state index contributed by atoms with van der Waals surface area (Å²) < 4.78 is 10.4. The molecule has 7 heteroatoms. The van der Waals surface area contributed by atoms with Crippen molar-refractivity contribution in [2.75, 3.05) is 20.8 Å². The molecule has 0 bridgehead atoms. The zero-order valence-electron chi connectivity index (χ0n) is 11.1. The van der Waals surface area contributed by atoms with Crippen molar-refractivity contribution in [3.63, 3.8) is 0 Å². The van der Waals surface area contributed by atoms with Gasteiger partial charge in [0.25, 0.3) is 0 Å². The zero-order valence-corrected chi connectivity index (χ0v) is 11.1. The van der Waals surface area contributed by atoms with Gasteiger partial charge in [0.2, 0.25) is 6.54 Å². The fourth-order valence-corrected chi connectivity index (χ4v) is 2.02. The molecule has 0 saturated heterocycles. The molecule has 1 atom stereocenters. The van der Waals surface area contributed by atoms with Gasteiger partial charge in [0, 0.05) is 16.5 Å². The summed E-state index contributed by atoms with van der Waals surface area (Å²) in [5, 5.41) is 21.8. The van der Waals surface area contributed by atoms with Crippen molar-refractivity contribution in [1.82, 2.24) is 4.98 Å². The molecule has 1 aromatic carbocycles. The number of rotatable bonds is 5. The molecule has 0 aliphatic rings. The van der Waals surface area contributed by atoms with Crippen LogP contribution in [0.1, 0.15) is 11.8 Å². The standard InChI is InChI=1S/C13H14N2O5/c1-19-11-5-8-3-4-14-13(10(16)7-15(17)18)9(8)6-12(11)20-2/h3-6,10,16H,7H2,1-2H3. The number of methoxy groups -OCH3 is 2.